The zero-order valence-electron chi connectivity index (χ0n) is 27.9. The van der Waals surface area contributed by atoms with Crippen LogP contribution < -0.4 is 11.5 Å². The SMILES string of the molecule is NCCN.OCC(F)(F)C(F)(F)C(F)(F)OC(F)=C(F)F.OCC(F)(F)C(F)(F)C(F)(F)OC(F)C(F)(F)CCCCC(F)(F)C(F)OC(F)(F)C(F)(F)C(F)(F)CO. The van der Waals surface area contributed by atoms with E-state index in [2.05, 4.69) is 14.2 Å². The summed E-state index contributed by atoms with van der Waals surface area (Å²) in [6, 6.07) is -3.43. The Hall–Kier alpha value is -2.63. The van der Waals surface area contributed by atoms with Crippen molar-refractivity contribution in [2.45, 2.75) is 104 Å². The van der Waals surface area contributed by atoms with E-state index >= 15 is 0 Å². The summed E-state index contributed by atoms with van der Waals surface area (Å²) in [6.07, 6.45) is -40.2. The number of rotatable bonds is 23. The number of alkyl halides is 24. The summed E-state index contributed by atoms with van der Waals surface area (Å²) in [5, 5.41) is 23.8. The zero-order valence-corrected chi connectivity index (χ0v) is 27.9. The van der Waals surface area contributed by atoms with Gasteiger partial charge in [0, 0.05) is 25.9 Å². The van der Waals surface area contributed by atoms with Gasteiger partial charge in [0.05, 0.1) is 0 Å². The maximum atomic E-state index is 13.5. The van der Waals surface area contributed by atoms with Gasteiger partial charge in [0.2, 0.25) is 0 Å². The van der Waals surface area contributed by atoms with Crippen LogP contribution in [-0.2, 0) is 14.2 Å². The second-order valence-electron chi connectivity index (χ2n) is 10.7. The molecule has 2 unspecified atom stereocenters. The van der Waals surface area contributed by atoms with Crippen LogP contribution in [0, 0.1) is 0 Å². The lowest BCUT2D eigenvalue weighted by Gasteiger charge is -2.33. The molecule has 0 radical (unpaired) electrons. The third-order valence-corrected chi connectivity index (χ3v) is 6.04. The largest absolute Gasteiger partial charge is 0.472 e. The number of unbranched alkanes of at least 4 members (excludes halogenated alkanes) is 1. The van der Waals surface area contributed by atoms with E-state index in [1.54, 1.807) is 0 Å². The monoisotopic (exact) mass is 952 g/mol. The number of hydrogen-bond acceptors (Lipinski definition) is 8. The summed E-state index contributed by atoms with van der Waals surface area (Å²) in [5.41, 5.74) is 9.81. The van der Waals surface area contributed by atoms with Crippen LogP contribution in [0.3, 0.4) is 0 Å². The Morgan fingerprint density at radius 2 is 0.678 bits per heavy atom. The molecule has 0 heterocycles. The van der Waals surface area contributed by atoms with Crippen LogP contribution in [0.4, 0.5) is 119 Å². The highest BCUT2D eigenvalue weighted by Gasteiger charge is 2.76. The van der Waals surface area contributed by atoms with Crippen molar-refractivity contribution in [1.82, 2.24) is 0 Å². The lowest BCUT2D eigenvalue weighted by atomic mass is 10.1. The van der Waals surface area contributed by atoms with Gasteiger partial charge in [-0.25, -0.2) is 26.3 Å². The van der Waals surface area contributed by atoms with Crippen LogP contribution in [0.2, 0.25) is 0 Å². The van der Waals surface area contributed by atoms with Crippen LogP contribution in [0.1, 0.15) is 25.7 Å². The van der Waals surface area contributed by atoms with Gasteiger partial charge in [0.25, 0.3) is 12.7 Å². The van der Waals surface area contributed by atoms with Gasteiger partial charge < -0.3 is 31.5 Å². The van der Waals surface area contributed by atoms with E-state index in [0.29, 0.717) is 13.1 Å². The Balaban J connectivity index is -0.00000123. The van der Waals surface area contributed by atoms with Crippen LogP contribution in [0.5, 0.6) is 0 Å². The van der Waals surface area contributed by atoms with Crippen LogP contribution >= 0.6 is 0 Å². The van der Waals surface area contributed by atoms with Crippen molar-refractivity contribution in [3.05, 3.63) is 12.1 Å². The number of nitrogens with two attached hydrogens (primary N) is 2. The van der Waals surface area contributed by atoms with E-state index in [0.717, 1.165) is 0 Å². The van der Waals surface area contributed by atoms with Crippen molar-refractivity contribution in [2.24, 2.45) is 11.5 Å². The fraction of sp³-hybridized carbons (Fsp3) is 0.917. The lowest BCUT2D eigenvalue weighted by molar-refractivity contribution is -0.434. The second-order valence-corrected chi connectivity index (χ2v) is 10.7. The zero-order chi connectivity index (χ0) is 48.3. The molecule has 0 saturated heterocycles. The number of aliphatic hydroxyl groups excluding tert-OH is 3. The number of ether oxygens (including phenoxy) is 3. The lowest BCUT2D eigenvalue weighted by Crippen LogP contribution is -2.58. The van der Waals surface area contributed by atoms with E-state index in [9.17, 15) is 119 Å². The Labute approximate surface area is 309 Å². The smallest absolute Gasteiger partial charge is 0.397 e. The van der Waals surface area contributed by atoms with Crippen molar-refractivity contribution in [3.8, 4) is 0 Å². The Morgan fingerprint density at radius 1 is 0.441 bits per heavy atom. The summed E-state index contributed by atoms with van der Waals surface area (Å²) in [4.78, 5) is 0. The molecule has 0 aromatic heterocycles. The normalized spacial score (nSPS) is 15.4. The van der Waals surface area contributed by atoms with E-state index in [1.165, 1.54) is 0 Å². The minimum absolute atomic E-state index is 0.597. The van der Waals surface area contributed by atoms with E-state index in [1.807, 2.05) is 0 Å². The molecule has 0 spiro atoms. The standard InChI is InChI=1S/C16H16F18O4.C6H3F9O2.C2H8N2/c17-7(37-15(31,32)13(27,28)11(23,24)5-35)9(19,20)3-1-2-4-10(21,22)8(18)38-16(33,34)14(29,30)12(25,26)6-36;7-2(8)3(9)17-6(14,15)5(12,13)4(10,11)1-16;3-1-2-4/h7-8,35-36H,1-6H2;16H,1H2;1-4H2. The van der Waals surface area contributed by atoms with Gasteiger partial charge in [-0.1, -0.05) is 0 Å². The van der Waals surface area contributed by atoms with E-state index in [4.69, 9.17) is 26.8 Å². The molecule has 0 rings (SSSR count). The van der Waals surface area contributed by atoms with Crippen molar-refractivity contribution in [1.29, 1.82) is 0 Å². The number of halogens is 27. The second kappa shape index (κ2) is 21.4. The summed E-state index contributed by atoms with van der Waals surface area (Å²) in [6.45, 7) is -7.46. The van der Waals surface area contributed by atoms with Crippen LogP contribution in [0.25, 0.3) is 0 Å². The molecule has 0 bridgehead atoms. The average molecular weight is 952 g/mol. The fourth-order valence-corrected chi connectivity index (χ4v) is 2.68. The van der Waals surface area contributed by atoms with Crippen molar-refractivity contribution in [2.75, 3.05) is 32.9 Å². The van der Waals surface area contributed by atoms with Gasteiger partial charge in [-0.15, -0.1) is 0 Å². The van der Waals surface area contributed by atoms with Crippen molar-refractivity contribution >= 4 is 0 Å². The minimum atomic E-state index is -6.74. The quantitative estimate of drug-likeness (QED) is 0.0395. The molecule has 0 aliphatic heterocycles. The molecule has 59 heavy (non-hydrogen) atoms. The third kappa shape index (κ3) is 15.3. The molecule has 0 saturated carbocycles. The predicted octanol–water partition coefficient (Wildman–Crippen LogP) is 7.95. The number of aliphatic hydroxyl groups is 3. The fourth-order valence-electron chi connectivity index (χ4n) is 2.68. The molecule has 7 N–H and O–H groups in total. The highest BCUT2D eigenvalue weighted by atomic mass is 19.4. The van der Waals surface area contributed by atoms with E-state index < -0.39 is 136 Å². The van der Waals surface area contributed by atoms with Gasteiger partial charge in [-0.3, -0.25) is 9.47 Å². The first-order chi connectivity index (χ1) is 25.9. The third-order valence-electron chi connectivity index (χ3n) is 6.04. The maximum absolute atomic E-state index is 13.5. The summed E-state index contributed by atoms with van der Waals surface area (Å²) in [7, 11) is 0. The molecule has 2 atom stereocenters. The first kappa shape index (κ1) is 60.7. The van der Waals surface area contributed by atoms with Gasteiger partial charge in [0.15, 0.2) is 0 Å². The molecular formula is C24H27F27N2O6. The molecule has 0 aliphatic rings. The molecule has 8 nitrogen and oxygen atoms in total. The topological polar surface area (TPSA) is 140 Å². The molecule has 0 aromatic rings. The van der Waals surface area contributed by atoms with Gasteiger partial charge >= 0.3 is 77.8 Å². The first-order valence-corrected chi connectivity index (χ1v) is 14.3. The predicted molar refractivity (Wildman–Crippen MR) is 136 cm³/mol. The first-order valence-electron chi connectivity index (χ1n) is 14.3. The highest BCUT2D eigenvalue weighted by molar-refractivity contribution is 4.95. The molecule has 35 heteroatoms. The molecule has 0 fully saturated rings. The summed E-state index contributed by atoms with van der Waals surface area (Å²) >= 11 is 0. The Bertz CT molecular complexity index is 1220. The number of hydrogen-bond donors (Lipinski definition) is 5. The molecule has 0 amide bonds. The maximum Gasteiger partial charge on any atom is 0.472 e. The van der Waals surface area contributed by atoms with Crippen molar-refractivity contribution < 1.29 is 148 Å². The van der Waals surface area contributed by atoms with Crippen LogP contribution in [-0.4, -0.2) is 127 Å². The van der Waals surface area contributed by atoms with Gasteiger partial charge in [0.1, 0.15) is 19.8 Å². The molecule has 0 aliphatic carbocycles. The Kier molecular flexibility index (Phi) is 22.1. The molecule has 0 aromatic carbocycles. The van der Waals surface area contributed by atoms with Gasteiger partial charge in [-0.05, 0) is 12.8 Å². The summed E-state index contributed by atoms with van der Waals surface area (Å²) in [5.74, 6) is -48.2. The van der Waals surface area contributed by atoms with Crippen molar-refractivity contribution in [3.63, 3.8) is 0 Å². The Morgan fingerprint density at radius 3 is 0.881 bits per heavy atom. The molecule has 358 valence electrons. The van der Waals surface area contributed by atoms with Gasteiger partial charge in [-0.2, -0.15) is 92.2 Å². The average Bonchev–Trinajstić information content (AvgIpc) is 3.09. The van der Waals surface area contributed by atoms with E-state index in [-0.39, 0.29) is 0 Å². The summed E-state index contributed by atoms with van der Waals surface area (Å²) < 4.78 is 351. The van der Waals surface area contributed by atoms with Crippen LogP contribution in [0.15, 0.2) is 12.1 Å². The minimum Gasteiger partial charge on any atom is -0.397 e. The molecular weight excluding hydrogens is 925 g/mol. The highest BCUT2D eigenvalue weighted by Crippen LogP contribution is 2.50.